The van der Waals surface area contributed by atoms with Crippen molar-refractivity contribution in [3.63, 3.8) is 0 Å². The van der Waals surface area contributed by atoms with E-state index < -0.39 is 0 Å². The van der Waals surface area contributed by atoms with Crippen molar-refractivity contribution >= 4 is 50.2 Å². The quantitative estimate of drug-likeness (QED) is 0.858. The van der Waals surface area contributed by atoms with Crippen LogP contribution >= 0.6 is 39.5 Å². The van der Waals surface area contributed by atoms with Crippen LogP contribution in [0.5, 0.6) is 0 Å². The lowest BCUT2D eigenvalue weighted by molar-refractivity contribution is 0.936. The molecule has 2 rings (SSSR count). The van der Waals surface area contributed by atoms with Crippen LogP contribution in [0.2, 0.25) is 0 Å². The summed E-state index contributed by atoms with van der Waals surface area (Å²) in [4.78, 5) is 3.92. The fourth-order valence-corrected chi connectivity index (χ4v) is 3.30. The predicted molar refractivity (Wildman–Crippen MR) is 86.5 cm³/mol. The molecule has 0 fully saturated rings. The van der Waals surface area contributed by atoms with Gasteiger partial charge in [-0.1, -0.05) is 24.4 Å². The third-order valence-electron chi connectivity index (χ3n) is 2.64. The van der Waals surface area contributed by atoms with E-state index in [2.05, 4.69) is 45.4 Å². The van der Waals surface area contributed by atoms with Gasteiger partial charge in [0.1, 0.15) is 4.99 Å². The topological polar surface area (TPSA) is 29.3 Å². The van der Waals surface area contributed by atoms with Crippen molar-refractivity contribution in [2.45, 2.75) is 6.54 Å². The van der Waals surface area contributed by atoms with Crippen molar-refractivity contribution in [2.24, 2.45) is 5.73 Å². The maximum absolute atomic E-state index is 5.65. The van der Waals surface area contributed by atoms with Crippen molar-refractivity contribution in [1.82, 2.24) is 0 Å². The highest BCUT2D eigenvalue weighted by Crippen LogP contribution is 2.26. The van der Waals surface area contributed by atoms with Crippen molar-refractivity contribution < 1.29 is 0 Å². The Morgan fingerprint density at radius 3 is 2.83 bits per heavy atom. The third-order valence-corrected chi connectivity index (χ3v) is 4.79. The second-order valence-electron chi connectivity index (χ2n) is 3.96. The van der Waals surface area contributed by atoms with Crippen LogP contribution in [0.4, 0.5) is 5.69 Å². The van der Waals surface area contributed by atoms with E-state index in [1.165, 1.54) is 4.88 Å². The SMILES string of the molecule is CN(Cc1sccc1Br)c1cccc(C(N)=S)c1. The normalized spacial score (nSPS) is 10.3. The van der Waals surface area contributed by atoms with E-state index in [-0.39, 0.29) is 0 Å². The second kappa shape index (κ2) is 5.82. The van der Waals surface area contributed by atoms with Gasteiger partial charge in [0.25, 0.3) is 0 Å². The lowest BCUT2D eigenvalue weighted by atomic mass is 10.2. The fourth-order valence-electron chi connectivity index (χ4n) is 1.64. The summed E-state index contributed by atoms with van der Waals surface area (Å²) in [7, 11) is 2.06. The molecule has 0 bridgehead atoms. The lowest BCUT2D eigenvalue weighted by Crippen LogP contribution is -2.17. The Morgan fingerprint density at radius 2 is 2.22 bits per heavy atom. The number of nitrogens with two attached hydrogens (primary N) is 1. The van der Waals surface area contributed by atoms with Crippen molar-refractivity contribution in [3.05, 3.63) is 50.6 Å². The van der Waals surface area contributed by atoms with Gasteiger partial charge in [0.2, 0.25) is 0 Å². The van der Waals surface area contributed by atoms with Crippen LogP contribution < -0.4 is 10.6 Å². The van der Waals surface area contributed by atoms with E-state index in [1.807, 2.05) is 18.2 Å². The maximum Gasteiger partial charge on any atom is 0.104 e. The van der Waals surface area contributed by atoms with E-state index in [0.717, 1.165) is 22.3 Å². The molecule has 0 aliphatic rings. The molecule has 0 amide bonds. The number of halogens is 1. The predicted octanol–water partition coefficient (Wildman–Crippen LogP) is 3.78. The molecule has 1 aromatic carbocycles. The van der Waals surface area contributed by atoms with Gasteiger partial charge in [-0.2, -0.15) is 0 Å². The summed E-state index contributed by atoms with van der Waals surface area (Å²) in [6.07, 6.45) is 0. The summed E-state index contributed by atoms with van der Waals surface area (Å²) in [5.41, 5.74) is 7.66. The van der Waals surface area contributed by atoms with Gasteiger partial charge in [-0.15, -0.1) is 11.3 Å². The van der Waals surface area contributed by atoms with Crippen LogP contribution in [0.1, 0.15) is 10.4 Å². The van der Waals surface area contributed by atoms with E-state index in [1.54, 1.807) is 11.3 Å². The minimum absolute atomic E-state index is 0.433. The number of thiocarbonyl (C=S) groups is 1. The molecule has 5 heteroatoms. The number of anilines is 1. The number of thiophene rings is 1. The first-order valence-electron chi connectivity index (χ1n) is 5.41. The molecule has 2 aromatic rings. The molecule has 0 saturated heterocycles. The Labute approximate surface area is 125 Å². The summed E-state index contributed by atoms with van der Waals surface area (Å²) in [5, 5.41) is 2.08. The Hall–Kier alpha value is -0.910. The first-order chi connectivity index (χ1) is 8.58. The zero-order valence-corrected chi connectivity index (χ0v) is 13.1. The van der Waals surface area contributed by atoms with Gasteiger partial charge in [-0.3, -0.25) is 0 Å². The molecule has 1 aromatic heterocycles. The van der Waals surface area contributed by atoms with Gasteiger partial charge >= 0.3 is 0 Å². The Morgan fingerprint density at radius 1 is 1.44 bits per heavy atom. The maximum atomic E-state index is 5.65. The van der Waals surface area contributed by atoms with Crippen molar-refractivity contribution in [3.8, 4) is 0 Å². The lowest BCUT2D eigenvalue weighted by Gasteiger charge is -2.19. The van der Waals surface area contributed by atoms with Gasteiger partial charge in [-0.05, 0) is 39.5 Å². The van der Waals surface area contributed by atoms with E-state index in [0.29, 0.717) is 4.99 Å². The molecule has 1 heterocycles. The minimum atomic E-state index is 0.433. The molecule has 2 nitrogen and oxygen atoms in total. The monoisotopic (exact) mass is 340 g/mol. The molecule has 94 valence electrons. The number of hydrogen-bond donors (Lipinski definition) is 1. The molecular formula is C13H13BrN2S2. The number of hydrogen-bond acceptors (Lipinski definition) is 3. The van der Waals surface area contributed by atoms with Gasteiger partial charge in [0.15, 0.2) is 0 Å². The van der Waals surface area contributed by atoms with Crippen LogP contribution in [-0.2, 0) is 6.54 Å². The van der Waals surface area contributed by atoms with Gasteiger partial charge < -0.3 is 10.6 Å². The van der Waals surface area contributed by atoms with Crippen LogP contribution in [0.3, 0.4) is 0 Å². The third kappa shape index (κ3) is 3.10. The van der Waals surface area contributed by atoms with Crippen LogP contribution in [0, 0.1) is 0 Å². The summed E-state index contributed by atoms with van der Waals surface area (Å²) in [6, 6.07) is 10.1. The first-order valence-corrected chi connectivity index (χ1v) is 7.49. The highest BCUT2D eigenvalue weighted by Gasteiger charge is 2.07. The summed E-state index contributed by atoms with van der Waals surface area (Å²) in [5.74, 6) is 0. The molecule has 2 N–H and O–H groups in total. The zero-order valence-electron chi connectivity index (χ0n) is 9.89. The fraction of sp³-hybridized carbons (Fsp3) is 0.154. The molecule has 0 saturated carbocycles. The average molecular weight is 341 g/mol. The largest absolute Gasteiger partial charge is 0.389 e. The standard InChI is InChI=1S/C13H13BrN2S2/c1-16(8-12-11(14)5-6-18-12)10-4-2-3-9(7-10)13(15)17/h2-7H,8H2,1H3,(H2,15,17). The Bertz CT molecular complexity index is 566. The summed E-state index contributed by atoms with van der Waals surface area (Å²) >= 11 is 10.3. The molecule has 0 atom stereocenters. The van der Waals surface area contributed by atoms with E-state index >= 15 is 0 Å². The van der Waals surface area contributed by atoms with Gasteiger partial charge in [0.05, 0.1) is 6.54 Å². The Kier molecular flexibility index (Phi) is 4.37. The first kappa shape index (κ1) is 13.5. The van der Waals surface area contributed by atoms with Crippen molar-refractivity contribution in [1.29, 1.82) is 0 Å². The van der Waals surface area contributed by atoms with E-state index in [9.17, 15) is 0 Å². The molecule has 0 aliphatic heterocycles. The van der Waals surface area contributed by atoms with Gasteiger partial charge in [-0.25, -0.2) is 0 Å². The van der Waals surface area contributed by atoms with Crippen LogP contribution in [0.25, 0.3) is 0 Å². The molecular weight excluding hydrogens is 328 g/mol. The van der Waals surface area contributed by atoms with Gasteiger partial charge in [0, 0.05) is 27.6 Å². The number of benzene rings is 1. The molecule has 0 radical (unpaired) electrons. The van der Waals surface area contributed by atoms with E-state index in [4.69, 9.17) is 18.0 Å². The highest BCUT2D eigenvalue weighted by molar-refractivity contribution is 9.10. The van der Waals surface area contributed by atoms with Crippen molar-refractivity contribution in [2.75, 3.05) is 11.9 Å². The second-order valence-corrected chi connectivity index (χ2v) is 6.26. The smallest absolute Gasteiger partial charge is 0.104 e. The number of nitrogens with zero attached hydrogens (tertiary/aromatic N) is 1. The summed E-state index contributed by atoms with van der Waals surface area (Å²) < 4.78 is 1.16. The molecule has 0 aliphatic carbocycles. The Balaban J connectivity index is 2.18. The molecule has 18 heavy (non-hydrogen) atoms. The van der Waals surface area contributed by atoms with Crippen LogP contribution in [0.15, 0.2) is 40.2 Å². The molecule has 0 unspecified atom stereocenters. The number of rotatable bonds is 4. The average Bonchev–Trinajstić information content (AvgIpc) is 2.75. The summed E-state index contributed by atoms with van der Waals surface area (Å²) in [6.45, 7) is 0.860. The van der Waals surface area contributed by atoms with Crippen LogP contribution in [-0.4, -0.2) is 12.0 Å². The molecule has 0 spiro atoms. The minimum Gasteiger partial charge on any atom is -0.389 e. The highest BCUT2D eigenvalue weighted by atomic mass is 79.9. The zero-order chi connectivity index (χ0) is 13.1.